The van der Waals surface area contributed by atoms with Crippen molar-refractivity contribution in [2.24, 2.45) is 39.8 Å². The van der Waals surface area contributed by atoms with Crippen molar-refractivity contribution in [3.63, 3.8) is 0 Å². The van der Waals surface area contributed by atoms with Gasteiger partial charge in [0.05, 0.1) is 31.8 Å². The number of carboxylic acid groups (broad SMARTS) is 2. The van der Waals surface area contributed by atoms with E-state index in [1.807, 2.05) is 5.32 Å². The molecule has 10 atom stereocenters. The van der Waals surface area contributed by atoms with Crippen molar-refractivity contribution in [3.05, 3.63) is 35.9 Å². The molecule has 1 rings (SSSR count). The van der Waals surface area contributed by atoms with E-state index in [0.29, 0.717) is 5.56 Å². The fourth-order valence-electron chi connectivity index (χ4n) is 7.03. The summed E-state index contributed by atoms with van der Waals surface area (Å²) < 4.78 is 0. The summed E-state index contributed by atoms with van der Waals surface area (Å²) in [6.45, 7) is 5.71. The SMILES string of the molecule is CC(C)C[C@H](NC(=O)[C@H](CC(N)=O)NC(=O)[C@H](CC(C)C)NC(=O)[C@H](CO)NC(=O)[C@H](CO)NC(=O)[C@@H](N)Cc1ccccc1)C(=O)N[C@@H](CCCN=C(N)N)C(=O)N[C@@H](CCC(=O)O)C(=O)N[C@H](C(=O)O)[C@@H](C)O. The molecule has 1 aromatic rings. The van der Waals surface area contributed by atoms with Gasteiger partial charge in [-0.15, -0.1) is 0 Å². The summed E-state index contributed by atoms with van der Waals surface area (Å²) in [5, 5.41) is 67.2. The minimum Gasteiger partial charge on any atom is -0.481 e. The highest BCUT2D eigenvalue weighted by atomic mass is 16.4. The van der Waals surface area contributed by atoms with E-state index in [4.69, 9.17) is 22.9 Å². The van der Waals surface area contributed by atoms with Crippen molar-refractivity contribution in [2.45, 2.75) is 146 Å². The van der Waals surface area contributed by atoms with E-state index >= 15 is 0 Å². The van der Waals surface area contributed by atoms with Crippen molar-refractivity contribution in [3.8, 4) is 0 Å². The van der Waals surface area contributed by atoms with E-state index < -0.39 is 158 Å². The molecule has 0 spiro atoms. The third kappa shape index (κ3) is 25.3. The summed E-state index contributed by atoms with van der Waals surface area (Å²) in [6.07, 6.45) is -4.09. The fourth-order valence-corrected chi connectivity index (χ4v) is 7.03. The standard InChI is InChI=1S/C46H75N13O16/c1-22(2)16-29(40(69)52-27(12-9-15-51-46(49)50)38(67)53-28(13-14-35(64)65)39(68)59-36(24(5)62)45(74)75)54-42(71)31(19-34(48)63)56-41(70)30(17-23(3)4)55-43(72)33(21-61)58-44(73)32(20-60)57-37(66)26(47)18-25-10-7-6-8-11-25/h6-8,10-11,22-24,26-33,36,60-62H,9,12-21,47H2,1-5H3,(H2,48,63)(H,52,69)(H,53,67)(H,54,71)(H,55,72)(H,56,70)(H,57,66)(H,58,73)(H,59,68)(H,64,65)(H,74,75)(H4,49,50,51)/t24-,26+,27+,28+,29+,30+,31+,32+,33+,36+/m1/s1. The number of hydrogen-bond donors (Lipinski definition) is 17. The van der Waals surface area contributed by atoms with E-state index in [9.17, 15) is 78.3 Å². The van der Waals surface area contributed by atoms with Gasteiger partial charge in [-0.25, -0.2) is 4.79 Å². The van der Waals surface area contributed by atoms with Gasteiger partial charge in [-0.1, -0.05) is 58.0 Å². The Morgan fingerprint density at radius 2 is 0.947 bits per heavy atom. The van der Waals surface area contributed by atoms with Crippen molar-refractivity contribution < 1.29 is 78.3 Å². The number of nitrogens with two attached hydrogens (primary N) is 4. The van der Waals surface area contributed by atoms with Gasteiger partial charge in [-0.3, -0.25) is 52.9 Å². The van der Waals surface area contributed by atoms with Gasteiger partial charge in [0.1, 0.15) is 42.3 Å². The lowest BCUT2D eigenvalue weighted by Crippen LogP contribution is -2.61. The lowest BCUT2D eigenvalue weighted by molar-refractivity contribution is -0.145. The number of aliphatic hydroxyl groups excluding tert-OH is 3. The highest BCUT2D eigenvalue weighted by Crippen LogP contribution is 2.12. The molecule has 0 aliphatic carbocycles. The second-order valence-corrected chi connectivity index (χ2v) is 18.5. The van der Waals surface area contributed by atoms with Crippen LogP contribution in [0.2, 0.25) is 0 Å². The Morgan fingerprint density at radius 3 is 1.37 bits per heavy atom. The summed E-state index contributed by atoms with van der Waals surface area (Å²) >= 11 is 0. The summed E-state index contributed by atoms with van der Waals surface area (Å²) in [5.41, 5.74) is 23.0. The lowest BCUT2D eigenvalue weighted by Gasteiger charge is -2.28. The molecule has 1 aromatic carbocycles. The Balaban J connectivity index is 3.40. The summed E-state index contributed by atoms with van der Waals surface area (Å²) in [4.78, 5) is 148. The van der Waals surface area contributed by atoms with Crippen LogP contribution in [0.4, 0.5) is 0 Å². The van der Waals surface area contributed by atoms with E-state index in [0.717, 1.165) is 6.92 Å². The number of hydrogen-bond acceptors (Lipinski definition) is 16. The fraction of sp³-hybridized carbons (Fsp3) is 0.609. The average molecular weight is 1070 g/mol. The maximum absolute atomic E-state index is 14.1. The van der Waals surface area contributed by atoms with Gasteiger partial charge >= 0.3 is 11.9 Å². The zero-order chi connectivity index (χ0) is 57.1. The molecule has 0 radical (unpaired) electrons. The van der Waals surface area contributed by atoms with Crippen molar-refractivity contribution in [2.75, 3.05) is 19.8 Å². The Labute approximate surface area is 432 Å². The minimum absolute atomic E-state index is 0.0188. The summed E-state index contributed by atoms with van der Waals surface area (Å²) in [7, 11) is 0. The first kappa shape index (κ1) is 65.5. The first-order chi connectivity index (χ1) is 35.1. The second-order valence-electron chi connectivity index (χ2n) is 18.5. The van der Waals surface area contributed by atoms with E-state index in [1.165, 1.54) is 0 Å². The Morgan fingerprint density at radius 1 is 0.547 bits per heavy atom. The number of rotatable bonds is 35. The molecule has 0 saturated heterocycles. The molecule has 0 bridgehead atoms. The van der Waals surface area contributed by atoms with Gasteiger partial charge in [0.15, 0.2) is 12.0 Å². The van der Waals surface area contributed by atoms with Crippen LogP contribution in [0.25, 0.3) is 0 Å². The largest absolute Gasteiger partial charge is 0.481 e. The van der Waals surface area contributed by atoms with Crippen LogP contribution in [0.1, 0.15) is 85.1 Å². The number of nitrogens with one attached hydrogen (secondary N) is 8. The maximum Gasteiger partial charge on any atom is 0.328 e. The smallest absolute Gasteiger partial charge is 0.328 e. The molecule has 29 heteroatoms. The number of benzene rings is 1. The first-order valence-electron chi connectivity index (χ1n) is 24.0. The van der Waals surface area contributed by atoms with Crippen LogP contribution in [0, 0.1) is 11.8 Å². The van der Waals surface area contributed by atoms with Crippen LogP contribution in [-0.4, -0.2) is 177 Å². The van der Waals surface area contributed by atoms with Crippen molar-refractivity contribution in [1.82, 2.24) is 42.5 Å². The number of primary amides is 1. The molecule has 0 aliphatic heterocycles. The van der Waals surface area contributed by atoms with Crippen LogP contribution in [0.3, 0.4) is 0 Å². The van der Waals surface area contributed by atoms with Gasteiger partial charge in [0.25, 0.3) is 0 Å². The van der Waals surface area contributed by atoms with Gasteiger partial charge < -0.3 is 91.0 Å². The summed E-state index contributed by atoms with van der Waals surface area (Å²) in [5.74, 6) is -13.6. The number of carbonyl (C=O) groups excluding carboxylic acids is 9. The molecule has 0 heterocycles. The number of carboxylic acids is 2. The molecule has 0 saturated carbocycles. The zero-order valence-corrected chi connectivity index (χ0v) is 42.6. The minimum atomic E-state index is -1.86. The summed E-state index contributed by atoms with van der Waals surface area (Å²) in [6, 6.07) is -5.76. The monoisotopic (exact) mass is 1070 g/mol. The van der Waals surface area contributed by atoms with Crippen LogP contribution in [-0.2, 0) is 59.2 Å². The normalized spacial score (nSPS) is 15.1. The number of guanidine groups is 1. The van der Waals surface area contributed by atoms with Crippen molar-refractivity contribution in [1.29, 1.82) is 0 Å². The van der Waals surface area contributed by atoms with Crippen LogP contribution < -0.4 is 65.5 Å². The van der Waals surface area contributed by atoms with E-state index in [1.54, 1.807) is 58.0 Å². The van der Waals surface area contributed by atoms with Crippen molar-refractivity contribution >= 4 is 71.1 Å². The van der Waals surface area contributed by atoms with Crippen LogP contribution >= 0.6 is 0 Å². The Bertz CT molecular complexity index is 2140. The van der Waals surface area contributed by atoms with E-state index in [2.05, 4.69) is 42.2 Å². The highest BCUT2D eigenvalue weighted by molar-refractivity contribution is 5.99. The number of aliphatic carboxylic acids is 2. The third-order valence-electron chi connectivity index (χ3n) is 10.9. The molecule has 0 unspecified atom stereocenters. The molecule has 9 amide bonds. The Hall–Kier alpha value is -7.50. The number of nitrogens with zero attached hydrogens (tertiary/aromatic N) is 1. The predicted molar refractivity (Wildman–Crippen MR) is 267 cm³/mol. The first-order valence-corrected chi connectivity index (χ1v) is 24.0. The zero-order valence-electron chi connectivity index (χ0n) is 42.6. The molecular weight excluding hydrogens is 991 g/mol. The molecule has 29 nitrogen and oxygen atoms in total. The lowest BCUT2D eigenvalue weighted by atomic mass is 10.00. The molecule has 75 heavy (non-hydrogen) atoms. The van der Waals surface area contributed by atoms with E-state index in [-0.39, 0.29) is 56.4 Å². The van der Waals surface area contributed by atoms with Gasteiger partial charge in [-0.2, -0.15) is 0 Å². The molecule has 21 N–H and O–H groups in total. The van der Waals surface area contributed by atoms with Gasteiger partial charge in [0.2, 0.25) is 53.2 Å². The number of aliphatic imine (C=N–C) groups is 1. The maximum atomic E-state index is 14.1. The molecule has 420 valence electrons. The number of amides is 9. The molecule has 0 fully saturated rings. The number of carbonyl (C=O) groups is 11. The topological polar surface area (TPSA) is 502 Å². The van der Waals surface area contributed by atoms with Gasteiger partial charge in [0, 0.05) is 13.0 Å². The molecule has 0 aromatic heterocycles. The Kier molecular flexibility index (Phi) is 29.1. The van der Waals surface area contributed by atoms with Gasteiger partial charge in [-0.05, 0) is 62.8 Å². The third-order valence-corrected chi connectivity index (χ3v) is 10.9. The van der Waals surface area contributed by atoms with Crippen LogP contribution in [0.5, 0.6) is 0 Å². The highest BCUT2D eigenvalue weighted by Gasteiger charge is 2.36. The second kappa shape index (κ2) is 33.3. The quantitative estimate of drug-likeness (QED) is 0.0171. The molecule has 0 aliphatic rings. The van der Waals surface area contributed by atoms with Crippen LogP contribution in [0.15, 0.2) is 35.3 Å². The number of aliphatic hydroxyl groups is 3. The average Bonchev–Trinajstić information content (AvgIpc) is 3.32. The predicted octanol–water partition coefficient (Wildman–Crippen LogP) is -6.23. The molecular formula is C46H75N13O16.